The third-order valence-corrected chi connectivity index (χ3v) is 1.15. The molecule has 0 bridgehead atoms. The second-order valence-electron chi connectivity index (χ2n) is 2.68. The Balaban J connectivity index is 2.72. The molecule has 13 heavy (non-hydrogen) atoms. The van der Waals surface area contributed by atoms with Crippen LogP contribution >= 0.6 is 0 Å². The van der Waals surface area contributed by atoms with Crippen LogP contribution < -0.4 is 0 Å². The van der Waals surface area contributed by atoms with Crippen LogP contribution in [0.15, 0.2) is 12.4 Å². The van der Waals surface area contributed by atoms with Gasteiger partial charge < -0.3 is 4.74 Å². The number of hydrogen-bond acceptors (Lipinski definition) is 4. The molecular weight excluding hydrogens is 175 g/mol. The first-order valence-electron chi connectivity index (χ1n) is 3.78. The monoisotopic (exact) mass is 184 g/mol. The summed E-state index contributed by atoms with van der Waals surface area (Å²) in [5, 5.41) is 0. The number of rotatable bonds is 2. The Kier molecular flexibility index (Phi) is 2.89. The van der Waals surface area contributed by atoms with Crippen molar-refractivity contribution >= 4 is 5.97 Å². The first kappa shape index (κ1) is 9.57. The summed E-state index contributed by atoms with van der Waals surface area (Å²) in [5.74, 6) is -1.36. The number of hydrogen-bond donors (Lipinski definition) is 0. The lowest BCUT2D eigenvalue weighted by atomic mass is 10.5. The molecule has 0 saturated carbocycles. The van der Waals surface area contributed by atoms with Crippen LogP contribution in [-0.4, -0.2) is 22.0 Å². The van der Waals surface area contributed by atoms with Crippen molar-refractivity contribution in [1.82, 2.24) is 9.97 Å². The number of halogens is 1. The molecule has 1 aromatic heterocycles. The van der Waals surface area contributed by atoms with Gasteiger partial charge in [-0.15, -0.1) is 0 Å². The third-order valence-electron chi connectivity index (χ3n) is 1.15. The smallest absolute Gasteiger partial charge is 0.376 e. The van der Waals surface area contributed by atoms with Gasteiger partial charge >= 0.3 is 5.97 Å². The summed E-state index contributed by atoms with van der Waals surface area (Å²) in [6.07, 6.45) is 1.61. The van der Waals surface area contributed by atoms with Gasteiger partial charge in [-0.05, 0) is 13.8 Å². The van der Waals surface area contributed by atoms with Crippen molar-refractivity contribution in [2.24, 2.45) is 0 Å². The SMILES string of the molecule is CC(C)OC(=O)c1ncc(F)cn1. The van der Waals surface area contributed by atoms with Crippen LogP contribution in [0.5, 0.6) is 0 Å². The van der Waals surface area contributed by atoms with Crippen LogP contribution in [0.3, 0.4) is 0 Å². The van der Waals surface area contributed by atoms with Gasteiger partial charge in [0.15, 0.2) is 5.82 Å². The predicted octanol–water partition coefficient (Wildman–Crippen LogP) is 1.18. The highest BCUT2D eigenvalue weighted by molar-refractivity contribution is 5.85. The number of nitrogens with zero attached hydrogens (tertiary/aromatic N) is 2. The summed E-state index contributed by atoms with van der Waals surface area (Å²) in [4.78, 5) is 18.0. The van der Waals surface area contributed by atoms with Gasteiger partial charge in [0.1, 0.15) is 0 Å². The van der Waals surface area contributed by atoms with Gasteiger partial charge in [0.25, 0.3) is 0 Å². The average Bonchev–Trinajstić information content (AvgIpc) is 2.04. The quantitative estimate of drug-likeness (QED) is 0.647. The van der Waals surface area contributed by atoms with Crippen LogP contribution in [0.1, 0.15) is 24.5 Å². The minimum atomic E-state index is -0.644. The van der Waals surface area contributed by atoms with Crippen LogP contribution in [0.4, 0.5) is 4.39 Å². The first-order valence-corrected chi connectivity index (χ1v) is 3.78. The molecule has 4 nitrogen and oxygen atoms in total. The Bertz CT molecular complexity index is 298. The lowest BCUT2D eigenvalue weighted by molar-refractivity contribution is 0.0363. The standard InChI is InChI=1S/C8H9FN2O2/c1-5(2)13-8(12)7-10-3-6(9)4-11-7/h3-5H,1-2H3. The van der Waals surface area contributed by atoms with Gasteiger partial charge in [0.2, 0.25) is 5.82 Å². The fraction of sp³-hybridized carbons (Fsp3) is 0.375. The molecule has 0 spiro atoms. The number of esters is 1. The summed E-state index contributed by atoms with van der Waals surface area (Å²) in [5.41, 5.74) is 0. The topological polar surface area (TPSA) is 52.1 Å². The Morgan fingerprint density at radius 2 is 2.00 bits per heavy atom. The van der Waals surface area contributed by atoms with Gasteiger partial charge in [-0.25, -0.2) is 19.2 Å². The Hall–Kier alpha value is -1.52. The van der Waals surface area contributed by atoms with Crippen LogP contribution in [0.2, 0.25) is 0 Å². The number of aromatic nitrogens is 2. The van der Waals surface area contributed by atoms with E-state index < -0.39 is 11.8 Å². The third kappa shape index (κ3) is 2.77. The van der Waals surface area contributed by atoms with Crippen molar-refractivity contribution in [2.45, 2.75) is 20.0 Å². The van der Waals surface area contributed by atoms with E-state index in [-0.39, 0.29) is 11.9 Å². The molecule has 5 heteroatoms. The Morgan fingerprint density at radius 3 is 2.46 bits per heavy atom. The molecule has 0 amide bonds. The van der Waals surface area contributed by atoms with Gasteiger partial charge in [-0.3, -0.25) is 0 Å². The molecule has 0 aliphatic rings. The maximum atomic E-state index is 12.3. The van der Waals surface area contributed by atoms with Crippen molar-refractivity contribution in [3.63, 3.8) is 0 Å². The molecular formula is C8H9FN2O2. The zero-order valence-corrected chi connectivity index (χ0v) is 7.32. The van der Waals surface area contributed by atoms with Crippen molar-refractivity contribution in [2.75, 3.05) is 0 Å². The van der Waals surface area contributed by atoms with Gasteiger partial charge in [0.05, 0.1) is 18.5 Å². The fourth-order valence-electron chi connectivity index (χ4n) is 0.684. The van der Waals surface area contributed by atoms with E-state index in [1.54, 1.807) is 13.8 Å². The summed E-state index contributed by atoms with van der Waals surface area (Å²) >= 11 is 0. The largest absolute Gasteiger partial charge is 0.457 e. The summed E-state index contributed by atoms with van der Waals surface area (Å²) in [6.45, 7) is 3.42. The minimum absolute atomic E-state index is 0.130. The van der Waals surface area contributed by atoms with E-state index in [1.165, 1.54) is 0 Å². The van der Waals surface area contributed by atoms with E-state index in [4.69, 9.17) is 4.74 Å². The zero-order chi connectivity index (χ0) is 9.84. The number of carbonyl (C=O) groups is 1. The fourth-order valence-corrected chi connectivity index (χ4v) is 0.684. The maximum Gasteiger partial charge on any atom is 0.376 e. The molecule has 1 rings (SSSR count). The highest BCUT2D eigenvalue weighted by atomic mass is 19.1. The molecule has 0 aliphatic heterocycles. The molecule has 0 fully saturated rings. The molecule has 70 valence electrons. The van der Waals surface area contributed by atoms with Crippen molar-refractivity contribution in [3.05, 3.63) is 24.0 Å². The van der Waals surface area contributed by atoms with E-state index in [2.05, 4.69) is 9.97 Å². The highest BCUT2D eigenvalue weighted by Gasteiger charge is 2.11. The van der Waals surface area contributed by atoms with E-state index in [9.17, 15) is 9.18 Å². The number of ether oxygens (including phenoxy) is 1. The molecule has 0 unspecified atom stereocenters. The molecule has 0 aromatic carbocycles. The van der Waals surface area contributed by atoms with Crippen LogP contribution in [0, 0.1) is 5.82 Å². The molecule has 0 saturated heterocycles. The average molecular weight is 184 g/mol. The predicted molar refractivity (Wildman–Crippen MR) is 42.5 cm³/mol. The molecule has 0 aliphatic carbocycles. The van der Waals surface area contributed by atoms with Crippen LogP contribution in [0.25, 0.3) is 0 Å². The van der Waals surface area contributed by atoms with E-state index in [1.807, 2.05) is 0 Å². The second kappa shape index (κ2) is 3.93. The van der Waals surface area contributed by atoms with Gasteiger partial charge in [-0.2, -0.15) is 0 Å². The minimum Gasteiger partial charge on any atom is -0.457 e. The van der Waals surface area contributed by atoms with Crippen molar-refractivity contribution < 1.29 is 13.9 Å². The zero-order valence-electron chi connectivity index (χ0n) is 7.32. The summed E-state index contributed by atoms with van der Waals surface area (Å²) < 4.78 is 17.1. The summed E-state index contributed by atoms with van der Waals surface area (Å²) in [6, 6.07) is 0. The molecule has 1 heterocycles. The lowest BCUT2D eigenvalue weighted by Gasteiger charge is -2.05. The molecule has 0 atom stereocenters. The van der Waals surface area contributed by atoms with E-state index >= 15 is 0 Å². The second-order valence-corrected chi connectivity index (χ2v) is 2.68. The summed E-state index contributed by atoms with van der Waals surface area (Å²) in [7, 11) is 0. The van der Waals surface area contributed by atoms with E-state index in [0.29, 0.717) is 0 Å². The normalized spacial score (nSPS) is 10.2. The maximum absolute atomic E-state index is 12.3. The molecule has 0 radical (unpaired) electrons. The van der Waals surface area contributed by atoms with E-state index in [0.717, 1.165) is 12.4 Å². The van der Waals surface area contributed by atoms with Crippen molar-refractivity contribution in [1.29, 1.82) is 0 Å². The van der Waals surface area contributed by atoms with Crippen molar-refractivity contribution in [3.8, 4) is 0 Å². The lowest BCUT2D eigenvalue weighted by Crippen LogP contribution is -2.14. The Labute approximate surface area is 74.8 Å². The first-order chi connectivity index (χ1) is 6.09. The van der Waals surface area contributed by atoms with Crippen LogP contribution in [-0.2, 0) is 4.74 Å². The highest BCUT2D eigenvalue weighted by Crippen LogP contribution is 1.98. The number of carbonyl (C=O) groups excluding carboxylic acids is 1. The molecule has 0 N–H and O–H groups in total. The Morgan fingerprint density at radius 1 is 1.46 bits per heavy atom. The van der Waals surface area contributed by atoms with Gasteiger partial charge in [0, 0.05) is 0 Å². The molecule has 1 aromatic rings. The van der Waals surface area contributed by atoms with Gasteiger partial charge in [-0.1, -0.05) is 0 Å².